The Morgan fingerprint density at radius 1 is 1.36 bits per heavy atom. The molecule has 0 N–H and O–H groups in total. The Kier molecular flexibility index (Phi) is 6.00. The van der Waals surface area contributed by atoms with E-state index < -0.39 is 0 Å². The third-order valence-corrected chi connectivity index (χ3v) is 1.91. The molecule has 0 saturated carbocycles. The predicted octanol–water partition coefficient (Wildman–Crippen LogP) is 2.89. The van der Waals surface area contributed by atoms with Gasteiger partial charge in [0.15, 0.2) is 0 Å². The van der Waals surface area contributed by atoms with E-state index in [0.717, 1.165) is 12.5 Å². The molecule has 0 rings (SSSR count). The largest absolute Gasteiger partial charge is 0.381 e. The molecule has 0 aromatic heterocycles. The molecule has 0 amide bonds. The Labute approximate surface area is 71.1 Å². The van der Waals surface area contributed by atoms with Crippen molar-refractivity contribution in [2.75, 3.05) is 13.6 Å². The molecule has 0 aromatic rings. The fourth-order valence-electron chi connectivity index (χ4n) is 0.951. The smallest absolute Gasteiger partial charge is 0.0140 e. The molecule has 0 radical (unpaired) electrons. The molecular formula is C10H21N. The van der Waals surface area contributed by atoms with Gasteiger partial charge in [-0.2, -0.15) is 0 Å². The standard InChI is InChI=1S/C10H21N/c1-5-7-10(3)8-9-11(4)6-2/h8-10H,5-7H2,1-4H3/b9-8-. The highest BCUT2D eigenvalue weighted by Crippen LogP contribution is 2.06. The van der Waals surface area contributed by atoms with Crippen LogP contribution in [0.2, 0.25) is 0 Å². The number of nitrogens with zero attached hydrogens (tertiary/aromatic N) is 1. The molecule has 1 unspecified atom stereocenters. The molecule has 0 heterocycles. The van der Waals surface area contributed by atoms with Crippen LogP contribution < -0.4 is 0 Å². The van der Waals surface area contributed by atoms with Crippen LogP contribution >= 0.6 is 0 Å². The van der Waals surface area contributed by atoms with Crippen LogP contribution in [0.3, 0.4) is 0 Å². The van der Waals surface area contributed by atoms with Crippen LogP contribution in [0.1, 0.15) is 33.6 Å². The van der Waals surface area contributed by atoms with E-state index in [4.69, 9.17) is 0 Å². The summed E-state index contributed by atoms with van der Waals surface area (Å²) in [6.07, 6.45) is 7.04. The Balaban J connectivity index is 3.54. The number of hydrogen-bond acceptors (Lipinski definition) is 1. The zero-order valence-corrected chi connectivity index (χ0v) is 8.30. The maximum Gasteiger partial charge on any atom is 0.0140 e. The van der Waals surface area contributed by atoms with Crippen LogP contribution in [-0.4, -0.2) is 18.5 Å². The molecule has 11 heavy (non-hydrogen) atoms. The van der Waals surface area contributed by atoms with Gasteiger partial charge in [-0.1, -0.05) is 26.3 Å². The molecule has 0 bridgehead atoms. The molecule has 0 saturated heterocycles. The minimum atomic E-state index is 0.731. The van der Waals surface area contributed by atoms with E-state index in [2.05, 4.69) is 45.0 Å². The molecule has 1 atom stereocenters. The lowest BCUT2D eigenvalue weighted by Crippen LogP contribution is -2.09. The van der Waals surface area contributed by atoms with E-state index >= 15 is 0 Å². The first kappa shape index (κ1) is 10.5. The Morgan fingerprint density at radius 3 is 2.45 bits per heavy atom. The maximum absolute atomic E-state index is 2.28. The van der Waals surface area contributed by atoms with Crippen LogP contribution in [-0.2, 0) is 0 Å². The monoisotopic (exact) mass is 155 g/mol. The van der Waals surface area contributed by atoms with Crippen LogP contribution in [0, 0.1) is 5.92 Å². The summed E-state index contributed by atoms with van der Waals surface area (Å²) < 4.78 is 0. The van der Waals surface area contributed by atoms with Crippen molar-refractivity contribution in [2.45, 2.75) is 33.6 Å². The predicted molar refractivity (Wildman–Crippen MR) is 51.5 cm³/mol. The van der Waals surface area contributed by atoms with Gasteiger partial charge in [0.25, 0.3) is 0 Å². The lowest BCUT2D eigenvalue weighted by molar-refractivity contribution is 0.476. The van der Waals surface area contributed by atoms with E-state index in [9.17, 15) is 0 Å². The lowest BCUT2D eigenvalue weighted by atomic mass is 10.1. The fraction of sp³-hybridized carbons (Fsp3) is 0.800. The van der Waals surface area contributed by atoms with Gasteiger partial charge < -0.3 is 4.90 Å². The molecule has 1 heteroatoms. The molecule has 0 aliphatic rings. The first-order chi connectivity index (χ1) is 5.20. The van der Waals surface area contributed by atoms with Gasteiger partial charge in [0, 0.05) is 13.6 Å². The quantitative estimate of drug-likeness (QED) is 0.590. The summed E-state index contributed by atoms with van der Waals surface area (Å²) in [4.78, 5) is 2.20. The maximum atomic E-state index is 2.28. The van der Waals surface area contributed by atoms with E-state index in [1.165, 1.54) is 12.8 Å². The minimum Gasteiger partial charge on any atom is -0.381 e. The van der Waals surface area contributed by atoms with Crippen LogP contribution in [0.4, 0.5) is 0 Å². The van der Waals surface area contributed by atoms with Crippen molar-refractivity contribution in [3.8, 4) is 0 Å². The summed E-state index contributed by atoms with van der Waals surface area (Å²) in [5.74, 6) is 0.731. The van der Waals surface area contributed by atoms with Gasteiger partial charge in [0.2, 0.25) is 0 Å². The minimum absolute atomic E-state index is 0.731. The van der Waals surface area contributed by atoms with Crippen LogP contribution in [0.15, 0.2) is 12.3 Å². The summed E-state index contributed by atoms with van der Waals surface area (Å²) in [6, 6.07) is 0. The highest BCUT2D eigenvalue weighted by Gasteiger charge is 1.93. The van der Waals surface area contributed by atoms with Crippen molar-refractivity contribution in [1.82, 2.24) is 4.90 Å². The van der Waals surface area contributed by atoms with Crippen LogP contribution in [0.5, 0.6) is 0 Å². The van der Waals surface area contributed by atoms with Crippen molar-refractivity contribution in [3.63, 3.8) is 0 Å². The van der Waals surface area contributed by atoms with Gasteiger partial charge in [0.05, 0.1) is 0 Å². The molecule has 66 valence electrons. The number of allylic oxidation sites excluding steroid dienone is 1. The first-order valence-electron chi connectivity index (χ1n) is 4.59. The van der Waals surface area contributed by atoms with Gasteiger partial charge in [-0.25, -0.2) is 0 Å². The van der Waals surface area contributed by atoms with Gasteiger partial charge in [0.1, 0.15) is 0 Å². The molecular weight excluding hydrogens is 134 g/mol. The molecule has 0 aliphatic heterocycles. The van der Waals surface area contributed by atoms with Crippen molar-refractivity contribution in [1.29, 1.82) is 0 Å². The van der Waals surface area contributed by atoms with Gasteiger partial charge >= 0.3 is 0 Å². The molecule has 1 nitrogen and oxygen atoms in total. The topological polar surface area (TPSA) is 3.24 Å². The van der Waals surface area contributed by atoms with Crippen molar-refractivity contribution >= 4 is 0 Å². The second-order valence-corrected chi connectivity index (χ2v) is 3.18. The summed E-state index contributed by atoms with van der Waals surface area (Å²) in [7, 11) is 2.11. The second kappa shape index (κ2) is 6.26. The average molecular weight is 155 g/mol. The van der Waals surface area contributed by atoms with Gasteiger partial charge in [-0.3, -0.25) is 0 Å². The van der Waals surface area contributed by atoms with E-state index in [1.807, 2.05) is 0 Å². The fourth-order valence-corrected chi connectivity index (χ4v) is 0.951. The Bertz CT molecular complexity index is 107. The van der Waals surface area contributed by atoms with Gasteiger partial charge in [-0.15, -0.1) is 0 Å². The molecule has 0 aliphatic carbocycles. The number of hydrogen-bond donors (Lipinski definition) is 0. The molecule has 0 fully saturated rings. The zero-order chi connectivity index (χ0) is 8.69. The third-order valence-electron chi connectivity index (χ3n) is 1.91. The number of rotatable bonds is 5. The summed E-state index contributed by atoms with van der Waals surface area (Å²) in [5.41, 5.74) is 0. The highest BCUT2D eigenvalue weighted by molar-refractivity contribution is 4.84. The normalized spacial score (nSPS) is 13.8. The third kappa shape index (κ3) is 5.96. The highest BCUT2D eigenvalue weighted by atomic mass is 15.1. The van der Waals surface area contributed by atoms with E-state index in [0.29, 0.717) is 0 Å². The van der Waals surface area contributed by atoms with E-state index in [-0.39, 0.29) is 0 Å². The van der Waals surface area contributed by atoms with Crippen molar-refractivity contribution in [2.24, 2.45) is 5.92 Å². The van der Waals surface area contributed by atoms with Crippen molar-refractivity contribution < 1.29 is 0 Å². The lowest BCUT2D eigenvalue weighted by Gasteiger charge is -2.11. The first-order valence-corrected chi connectivity index (χ1v) is 4.59. The van der Waals surface area contributed by atoms with E-state index in [1.54, 1.807) is 0 Å². The molecule has 0 spiro atoms. The summed E-state index contributed by atoms with van der Waals surface area (Å²) in [6.45, 7) is 7.75. The summed E-state index contributed by atoms with van der Waals surface area (Å²) >= 11 is 0. The Hall–Kier alpha value is -0.460. The zero-order valence-electron chi connectivity index (χ0n) is 8.30. The Morgan fingerprint density at radius 2 is 2.00 bits per heavy atom. The SMILES string of the molecule is CCCC(C)/C=C\N(C)CC. The second-order valence-electron chi connectivity index (χ2n) is 3.18. The van der Waals surface area contributed by atoms with Gasteiger partial charge in [-0.05, 0) is 25.5 Å². The average Bonchev–Trinajstić information content (AvgIpc) is 2.01. The van der Waals surface area contributed by atoms with Crippen LogP contribution in [0.25, 0.3) is 0 Å². The van der Waals surface area contributed by atoms with Crippen molar-refractivity contribution in [3.05, 3.63) is 12.3 Å². The molecule has 0 aromatic carbocycles. The summed E-state index contributed by atoms with van der Waals surface area (Å²) in [5, 5.41) is 0.